The maximum Gasteiger partial charge on any atom is 0.272 e. The molecule has 2 fully saturated rings. The number of hydrogen-bond donors (Lipinski definition) is 1. The fourth-order valence-electron chi connectivity index (χ4n) is 5.86. The summed E-state index contributed by atoms with van der Waals surface area (Å²) >= 11 is 0. The van der Waals surface area contributed by atoms with Crippen LogP contribution in [-0.4, -0.2) is 73.3 Å². The van der Waals surface area contributed by atoms with Gasteiger partial charge in [0.1, 0.15) is 30.0 Å². The minimum atomic E-state index is -1.07. The van der Waals surface area contributed by atoms with Gasteiger partial charge < -0.3 is 19.4 Å². The number of methoxy groups -OCH3 is 1. The van der Waals surface area contributed by atoms with Crippen LogP contribution in [0.4, 0.5) is 10.1 Å². The highest BCUT2D eigenvalue weighted by atomic mass is 19.1. The molecule has 5 aromatic rings. The molecule has 12 nitrogen and oxygen atoms in total. The van der Waals surface area contributed by atoms with Crippen LogP contribution in [0.3, 0.4) is 0 Å². The Kier molecular flexibility index (Phi) is 7.76. The Hall–Kier alpha value is -5.04. The Bertz CT molecular complexity index is 1840. The lowest BCUT2D eigenvalue weighted by molar-refractivity contribution is -0.117. The fraction of sp³-hybridized carbons (Fsp3) is 0.344. The second-order valence-corrected chi connectivity index (χ2v) is 11.4. The normalized spacial score (nSPS) is 19.0. The van der Waals surface area contributed by atoms with Crippen LogP contribution < -0.4 is 5.32 Å². The van der Waals surface area contributed by atoms with E-state index in [0.717, 1.165) is 18.4 Å². The van der Waals surface area contributed by atoms with Gasteiger partial charge in [0.05, 0.1) is 5.92 Å². The Labute approximate surface area is 257 Å². The van der Waals surface area contributed by atoms with Crippen molar-refractivity contribution in [2.45, 2.75) is 38.1 Å². The van der Waals surface area contributed by atoms with Crippen LogP contribution in [0.5, 0.6) is 0 Å². The van der Waals surface area contributed by atoms with Crippen LogP contribution in [0.15, 0.2) is 71.3 Å². The average molecular weight is 611 g/mol. The number of likely N-dealkylation sites (tertiary alicyclic amines) is 1. The minimum Gasteiger partial charge on any atom is -0.436 e. The van der Waals surface area contributed by atoms with Crippen LogP contribution in [-0.2, 0) is 16.1 Å². The number of hydrogen-bond acceptors (Lipinski definition) is 9. The minimum absolute atomic E-state index is 0.120. The van der Waals surface area contributed by atoms with Crippen molar-refractivity contribution in [3.05, 3.63) is 83.9 Å². The number of fused-ring (bicyclic) bond motifs is 1. The molecule has 13 heteroatoms. The van der Waals surface area contributed by atoms with E-state index >= 15 is 0 Å². The number of benzene rings is 2. The summed E-state index contributed by atoms with van der Waals surface area (Å²) < 4.78 is 24.4. The monoisotopic (exact) mass is 610 g/mol. The molecule has 3 atom stereocenters. The van der Waals surface area contributed by atoms with Crippen LogP contribution in [0.25, 0.3) is 22.6 Å². The zero-order valence-corrected chi connectivity index (χ0v) is 24.5. The van der Waals surface area contributed by atoms with Crippen LogP contribution in [0.1, 0.15) is 47.2 Å². The SMILES string of the molecule is COCc1nnn(C(c2ccccc2)C2CCN(C(=O)c3cc(-c4nc5cc(NC(=O)[C@@H]6C[C@@H]6F)ccc5o4)ccn3)CC2)n1. The molecule has 7 rings (SSSR count). The number of ether oxygens (including phenoxy) is 1. The number of piperidine rings is 1. The van der Waals surface area contributed by atoms with Gasteiger partial charge >= 0.3 is 0 Å². The van der Waals surface area contributed by atoms with E-state index in [-0.39, 0.29) is 36.8 Å². The average Bonchev–Trinajstić information content (AvgIpc) is 3.41. The molecule has 230 valence electrons. The van der Waals surface area contributed by atoms with Gasteiger partial charge in [-0.2, -0.15) is 4.80 Å². The first kappa shape index (κ1) is 28.7. The van der Waals surface area contributed by atoms with Crippen LogP contribution >= 0.6 is 0 Å². The Morgan fingerprint density at radius 3 is 2.67 bits per heavy atom. The Balaban J connectivity index is 1.04. The first-order valence-electron chi connectivity index (χ1n) is 14.9. The van der Waals surface area contributed by atoms with E-state index in [2.05, 4.69) is 42.8 Å². The van der Waals surface area contributed by atoms with E-state index in [9.17, 15) is 14.0 Å². The topological polar surface area (TPSA) is 141 Å². The third-order valence-electron chi connectivity index (χ3n) is 8.34. The molecule has 3 aromatic heterocycles. The van der Waals surface area contributed by atoms with Crippen molar-refractivity contribution >= 4 is 28.6 Å². The number of anilines is 1. The molecular formula is C32H31FN8O4. The van der Waals surface area contributed by atoms with Gasteiger partial charge in [-0.25, -0.2) is 9.37 Å². The summed E-state index contributed by atoms with van der Waals surface area (Å²) in [4.78, 5) is 38.1. The van der Waals surface area contributed by atoms with Crippen molar-refractivity contribution in [3.8, 4) is 11.5 Å². The number of amides is 2. The number of rotatable bonds is 9. The van der Waals surface area contributed by atoms with Crippen LogP contribution in [0.2, 0.25) is 0 Å². The van der Waals surface area contributed by atoms with Crippen molar-refractivity contribution in [2.75, 3.05) is 25.5 Å². The second kappa shape index (κ2) is 12.2. The van der Waals surface area contributed by atoms with Gasteiger partial charge in [0.2, 0.25) is 11.8 Å². The number of halogens is 1. The number of nitrogens with one attached hydrogen (secondary N) is 1. The molecule has 2 aromatic carbocycles. The smallest absolute Gasteiger partial charge is 0.272 e. The van der Waals surface area contributed by atoms with Crippen molar-refractivity contribution < 1.29 is 23.1 Å². The van der Waals surface area contributed by atoms with Gasteiger partial charge in [-0.1, -0.05) is 30.3 Å². The predicted molar refractivity (Wildman–Crippen MR) is 161 cm³/mol. The highest BCUT2D eigenvalue weighted by molar-refractivity contribution is 5.96. The molecule has 1 saturated carbocycles. The molecular weight excluding hydrogens is 579 g/mol. The lowest BCUT2D eigenvalue weighted by atomic mass is 9.85. The quantitative estimate of drug-likeness (QED) is 0.256. The first-order chi connectivity index (χ1) is 22.0. The molecule has 1 saturated heterocycles. The van der Waals surface area contributed by atoms with Crippen molar-refractivity contribution in [1.82, 2.24) is 35.1 Å². The molecule has 1 unspecified atom stereocenters. The van der Waals surface area contributed by atoms with Gasteiger partial charge in [0, 0.05) is 37.6 Å². The maximum atomic E-state index is 13.6. The lowest BCUT2D eigenvalue weighted by Gasteiger charge is -2.35. The van der Waals surface area contributed by atoms with Crippen LogP contribution in [0, 0.1) is 11.8 Å². The lowest BCUT2D eigenvalue weighted by Crippen LogP contribution is -2.41. The van der Waals surface area contributed by atoms with Crippen molar-refractivity contribution in [1.29, 1.82) is 0 Å². The molecule has 2 amide bonds. The fourth-order valence-corrected chi connectivity index (χ4v) is 5.86. The molecule has 0 bridgehead atoms. The zero-order chi connectivity index (χ0) is 30.9. The van der Waals surface area contributed by atoms with E-state index in [1.807, 2.05) is 23.1 Å². The van der Waals surface area contributed by atoms with E-state index in [1.165, 1.54) is 0 Å². The van der Waals surface area contributed by atoms with Crippen molar-refractivity contribution in [3.63, 3.8) is 0 Å². The number of alkyl halides is 1. The molecule has 4 heterocycles. The van der Waals surface area contributed by atoms with E-state index in [1.54, 1.807) is 48.4 Å². The summed E-state index contributed by atoms with van der Waals surface area (Å²) in [6, 6.07) is 18.5. The summed E-state index contributed by atoms with van der Waals surface area (Å²) in [5.74, 6) is -0.0506. The number of aromatic nitrogens is 6. The van der Waals surface area contributed by atoms with E-state index in [4.69, 9.17) is 9.15 Å². The highest BCUT2D eigenvalue weighted by Gasteiger charge is 2.43. The molecule has 2 aliphatic rings. The molecule has 1 aliphatic heterocycles. The number of carbonyl (C=O) groups is 2. The second-order valence-electron chi connectivity index (χ2n) is 11.4. The van der Waals surface area contributed by atoms with E-state index in [0.29, 0.717) is 52.8 Å². The maximum absolute atomic E-state index is 13.6. The summed E-state index contributed by atoms with van der Waals surface area (Å²) in [5.41, 5.74) is 3.57. The first-order valence-corrected chi connectivity index (χ1v) is 14.9. The predicted octanol–water partition coefficient (Wildman–Crippen LogP) is 4.46. The summed E-state index contributed by atoms with van der Waals surface area (Å²) in [6.07, 6.45) is 2.26. The summed E-state index contributed by atoms with van der Waals surface area (Å²) in [5, 5.41) is 15.8. The van der Waals surface area contributed by atoms with Gasteiger partial charge in [0.15, 0.2) is 11.4 Å². The molecule has 0 radical (unpaired) electrons. The Morgan fingerprint density at radius 1 is 1.11 bits per heavy atom. The highest BCUT2D eigenvalue weighted by Crippen LogP contribution is 2.36. The van der Waals surface area contributed by atoms with Gasteiger partial charge in [-0.3, -0.25) is 14.6 Å². The summed E-state index contributed by atoms with van der Waals surface area (Å²) in [6.45, 7) is 1.39. The standard InChI is InChI=1S/C32H31FN8O4/c1-44-18-28-37-39-41(38-28)29(19-5-3-2-4-6-19)20-10-13-40(14-11-20)32(43)26-15-21(9-12-34-26)31-36-25-16-22(7-8-27(25)45-31)35-30(42)23-17-24(23)33/h2-9,12,15-16,20,23-24,29H,10-11,13-14,17-18H2,1H3,(H,35,42)/t23-,24+,29?/m1/s1. The third kappa shape index (κ3) is 6.03. The molecule has 1 aliphatic carbocycles. The largest absolute Gasteiger partial charge is 0.436 e. The van der Waals surface area contributed by atoms with E-state index < -0.39 is 12.1 Å². The third-order valence-corrected chi connectivity index (χ3v) is 8.34. The number of nitrogens with zero attached hydrogens (tertiary/aromatic N) is 7. The molecule has 1 N–H and O–H groups in total. The number of carbonyl (C=O) groups excluding carboxylic acids is 2. The summed E-state index contributed by atoms with van der Waals surface area (Å²) in [7, 11) is 1.60. The van der Waals surface area contributed by atoms with Gasteiger partial charge in [-0.15, -0.1) is 10.2 Å². The Morgan fingerprint density at radius 2 is 1.91 bits per heavy atom. The molecule has 0 spiro atoms. The van der Waals surface area contributed by atoms with Gasteiger partial charge in [0.25, 0.3) is 5.91 Å². The van der Waals surface area contributed by atoms with Crippen molar-refractivity contribution in [2.24, 2.45) is 11.8 Å². The number of pyridine rings is 1. The molecule has 45 heavy (non-hydrogen) atoms. The number of tetrazole rings is 1. The zero-order valence-electron chi connectivity index (χ0n) is 24.5. The number of oxazole rings is 1. The van der Waals surface area contributed by atoms with Gasteiger partial charge in [-0.05, 0) is 66.3 Å².